The quantitative estimate of drug-likeness (QED) is 0.564. The Balaban J connectivity index is 1.79. The van der Waals surface area contributed by atoms with Crippen LogP contribution in [0.25, 0.3) is 0 Å². The van der Waals surface area contributed by atoms with Crippen LogP contribution in [0.1, 0.15) is 12.8 Å². The van der Waals surface area contributed by atoms with Gasteiger partial charge in [0.2, 0.25) is 15.9 Å². The number of carbonyl (C=O) groups excluding carboxylic acids is 1. The van der Waals surface area contributed by atoms with Gasteiger partial charge in [-0.2, -0.15) is 0 Å². The fourth-order valence-corrected chi connectivity index (χ4v) is 3.86. The molecule has 5 nitrogen and oxygen atoms in total. The van der Waals surface area contributed by atoms with Crippen LogP contribution < -0.4 is 5.32 Å². The summed E-state index contributed by atoms with van der Waals surface area (Å²) in [7, 11) is -0.479. The van der Waals surface area contributed by atoms with Crippen molar-refractivity contribution < 1.29 is 13.2 Å². The maximum absolute atomic E-state index is 12.0. The van der Waals surface area contributed by atoms with Crippen LogP contribution >= 0.6 is 11.8 Å². The molecule has 0 fully saturated rings. The number of rotatable bonds is 8. The van der Waals surface area contributed by atoms with Crippen molar-refractivity contribution in [2.75, 3.05) is 25.2 Å². The van der Waals surface area contributed by atoms with Crippen molar-refractivity contribution in [2.45, 2.75) is 22.6 Å². The molecular formula is C18H22N2O3S2. The van der Waals surface area contributed by atoms with E-state index in [0.717, 1.165) is 16.5 Å². The van der Waals surface area contributed by atoms with Gasteiger partial charge in [-0.15, -0.1) is 11.8 Å². The predicted octanol–water partition coefficient (Wildman–Crippen LogP) is 3.45. The number of thioether (sulfide) groups is 1. The molecule has 1 N–H and O–H groups in total. The van der Waals surface area contributed by atoms with Crippen molar-refractivity contribution in [1.29, 1.82) is 0 Å². The molecule has 25 heavy (non-hydrogen) atoms. The minimum atomic E-state index is -3.45. The fraction of sp³-hybridized carbons (Fsp3) is 0.278. The van der Waals surface area contributed by atoms with Gasteiger partial charge in [-0.3, -0.25) is 4.79 Å². The molecule has 0 radical (unpaired) electrons. The van der Waals surface area contributed by atoms with E-state index in [2.05, 4.69) is 5.32 Å². The molecule has 0 aliphatic rings. The lowest BCUT2D eigenvalue weighted by atomic mass is 10.3. The minimum Gasteiger partial charge on any atom is -0.326 e. The van der Waals surface area contributed by atoms with Crippen molar-refractivity contribution >= 4 is 33.4 Å². The number of anilines is 1. The third kappa shape index (κ3) is 5.88. The van der Waals surface area contributed by atoms with E-state index >= 15 is 0 Å². The Kier molecular flexibility index (Phi) is 7.04. The maximum Gasteiger partial charge on any atom is 0.242 e. The molecule has 7 heteroatoms. The maximum atomic E-state index is 12.0. The summed E-state index contributed by atoms with van der Waals surface area (Å²) in [6, 6.07) is 16.3. The van der Waals surface area contributed by atoms with E-state index in [0.29, 0.717) is 12.1 Å². The van der Waals surface area contributed by atoms with Crippen LogP contribution in [-0.2, 0) is 14.8 Å². The Labute approximate surface area is 153 Å². The number of nitrogens with one attached hydrogen (secondary N) is 1. The third-order valence-electron chi connectivity index (χ3n) is 3.48. The van der Waals surface area contributed by atoms with E-state index < -0.39 is 10.0 Å². The molecule has 0 heterocycles. The standard InChI is InChI=1S/C18H22N2O3S2/c1-20(2)25(22,23)17-12-10-15(11-13-17)19-18(21)9-6-14-24-16-7-4-3-5-8-16/h3-5,7-8,10-13H,6,9,14H2,1-2H3,(H,19,21). The average molecular weight is 379 g/mol. The number of benzene rings is 2. The molecule has 0 bridgehead atoms. The van der Waals surface area contributed by atoms with Gasteiger partial charge in [0.15, 0.2) is 0 Å². The SMILES string of the molecule is CN(C)S(=O)(=O)c1ccc(NC(=O)CCCSc2ccccc2)cc1. The first-order chi connectivity index (χ1) is 11.9. The lowest BCUT2D eigenvalue weighted by Crippen LogP contribution is -2.22. The summed E-state index contributed by atoms with van der Waals surface area (Å²) in [5, 5.41) is 2.79. The van der Waals surface area contributed by atoms with Gasteiger partial charge in [-0.05, 0) is 48.6 Å². The molecule has 2 rings (SSSR count). The summed E-state index contributed by atoms with van der Waals surface area (Å²) in [5.41, 5.74) is 0.596. The zero-order valence-corrected chi connectivity index (χ0v) is 15.9. The summed E-state index contributed by atoms with van der Waals surface area (Å²) in [6.07, 6.45) is 1.20. The highest BCUT2D eigenvalue weighted by Gasteiger charge is 2.16. The average Bonchev–Trinajstić information content (AvgIpc) is 2.60. The number of amides is 1. The Morgan fingerprint density at radius 2 is 1.68 bits per heavy atom. The molecule has 1 amide bonds. The summed E-state index contributed by atoms with van der Waals surface area (Å²) in [4.78, 5) is 13.4. The molecule has 134 valence electrons. The molecule has 0 unspecified atom stereocenters. The fourth-order valence-electron chi connectivity index (χ4n) is 2.08. The number of sulfonamides is 1. The van der Waals surface area contributed by atoms with E-state index in [1.165, 1.54) is 31.1 Å². The van der Waals surface area contributed by atoms with Gasteiger partial charge in [-0.1, -0.05) is 18.2 Å². The van der Waals surface area contributed by atoms with Crippen LogP contribution in [0.15, 0.2) is 64.4 Å². The Morgan fingerprint density at radius 3 is 2.28 bits per heavy atom. The highest BCUT2D eigenvalue weighted by atomic mass is 32.2. The molecule has 0 aromatic heterocycles. The number of hydrogen-bond donors (Lipinski definition) is 1. The molecule has 2 aromatic rings. The molecule has 0 atom stereocenters. The first-order valence-corrected chi connectivity index (χ1v) is 10.3. The van der Waals surface area contributed by atoms with Crippen molar-refractivity contribution in [3.63, 3.8) is 0 Å². The molecule has 2 aromatic carbocycles. The van der Waals surface area contributed by atoms with Gasteiger partial charge < -0.3 is 5.32 Å². The summed E-state index contributed by atoms with van der Waals surface area (Å²) < 4.78 is 25.1. The lowest BCUT2D eigenvalue weighted by Gasteiger charge is -2.12. The van der Waals surface area contributed by atoms with E-state index in [4.69, 9.17) is 0 Å². The van der Waals surface area contributed by atoms with Crippen LogP contribution in [0.2, 0.25) is 0 Å². The summed E-state index contributed by atoms with van der Waals surface area (Å²) >= 11 is 1.72. The number of carbonyl (C=O) groups is 1. The van der Waals surface area contributed by atoms with Crippen LogP contribution in [0.3, 0.4) is 0 Å². The van der Waals surface area contributed by atoms with E-state index in [1.807, 2.05) is 30.3 Å². The van der Waals surface area contributed by atoms with Gasteiger partial charge in [0.05, 0.1) is 4.90 Å². The second-order valence-electron chi connectivity index (χ2n) is 5.63. The Bertz CT molecular complexity index is 789. The second-order valence-corrected chi connectivity index (χ2v) is 8.95. The van der Waals surface area contributed by atoms with Crippen LogP contribution in [0, 0.1) is 0 Å². The molecule has 0 saturated carbocycles. The van der Waals surface area contributed by atoms with Crippen molar-refractivity contribution in [3.05, 3.63) is 54.6 Å². The predicted molar refractivity (Wildman–Crippen MR) is 102 cm³/mol. The van der Waals surface area contributed by atoms with Gasteiger partial charge in [0.25, 0.3) is 0 Å². The van der Waals surface area contributed by atoms with Crippen LogP contribution in [-0.4, -0.2) is 38.5 Å². The topological polar surface area (TPSA) is 66.5 Å². The first-order valence-electron chi connectivity index (χ1n) is 7.90. The molecule has 0 aliphatic carbocycles. The molecule has 0 aliphatic heterocycles. The third-order valence-corrected chi connectivity index (χ3v) is 6.40. The van der Waals surface area contributed by atoms with Gasteiger partial charge in [0, 0.05) is 31.1 Å². The van der Waals surface area contributed by atoms with Crippen LogP contribution in [0.4, 0.5) is 5.69 Å². The minimum absolute atomic E-state index is 0.0723. The van der Waals surface area contributed by atoms with Crippen molar-refractivity contribution in [2.24, 2.45) is 0 Å². The van der Waals surface area contributed by atoms with E-state index in [-0.39, 0.29) is 10.8 Å². The Hall–Kier alpha value is -1.83. The number of hydrogen-bond acceptors (Lipinski definition) is 4. The smallest absolute Gasteiger partial charge is 0.242 e. The zero-order chi connectivity index (χ0) is 18.3. The molecule has 0 saturated heterocycles. The lowest BCUT2D eigenvalue weighted by molar-refractivity contribution is -0.116. The zero-order valence-electron chi connectivity index (χ0n) is 14.3. The largest absolute Gasteiger partial charge is 0.326 e. The van der Waals surface area contributed by atoms with Crippen LogP contribution in [0.5, 0.6) is 0 Å². The van der Waals surface area contributed by atoms with Gasteiger partial charge in [-0.25, -0.2) is 12.7 Å². The van der Waals surface area contributed by atoms with E-state index in [1.54, 1.807) is 23.9 Å². The van der Waals surface area contributed by atoms with Crippen molar-refractivity contribution in [1.82, 2.24) is 4.31 Å². The first kappa shape index (κ1) is 19.5. The molecular weight excluding hydrogens is 356 g/mol. The Morgan fingerprint density at radius 1 is 1.04 bits per heavy atom. The van der Waals surface area contributed by atoms with E-state index in [9.17, 15) is 13.2 Å². The summed E-state index contributed by atoms with van der Waals surface area (Å²) in [5.74, 6) is 0.800. The van der Waals surface area contributed by atoms with Gasteiger partial charge in [0.1, 0.15) is 0 Å². The van der Waals surface area contributed by atoms with Crippen molar-refractivity contribution in [3.8, 4) is 0 Å². The van der Waals surface area contributed by atoms with Gasteiger partial charge >= 0.3 is 0 Å². The highest BCUT2D eigenvalue weighted by molar-refractivity contribution is 7.99. The monoisotopic (exact) mass is 378 g/mol. The number of nitrogens with zero attached hydrogens (tertiary/aromatic N) is 1. The summed E-state index contributed by atoms with van der Waals surface area (Å²) in [6.45, 7) is 0. The molecule has 0 spiro atoms. The highest BCUT2D eigenvalue weighted by Crippen LogP contribution is 2.19. The second kappa shape index (κ2) is 9.03. The normalized spacial score (nSPS) is 11.5.